The lowest BCUT2D eigenvalue weighted by Gasteiger charge is -2.20. The summed E-state index contributed by atoms with van der Waals surface area (Å²) in [5, 5.41) is 19.0. The largest absolute Gasteiger partial charge is 0.478 e. The van der Waals surface area contributed by atoms with E-state index in [0.29, 0.717) is 18.9 Å². The van der Waals surface area contributed by atoms with Crippen LogP contribution >= 0.6 is 11.6 Å². The number of aromatic carboxylic acids is 1. The van der Waals surface area contributed by atoms with Crippen LogP contribution in [0.2, 0.25) is 5.15 Å². The molecule has 0 aromatic carbocycles. The van der Waals surface area contributed by atoms with Crippen LogP contribution in [-0.2, 0) is 0 Å². The molecular weight excluding hydrogens is 256 g/mol. The molecule has 0 radical (unpaired) electrons. The predicted octanol–water partition coefficient (Wildman–Crippen LogP) is 1.64. The van der Waals surface area contributed by atoms with Crippen molar-refractivity contribution < 1.29 is 15.0 Å². The van der Waals surface area contributed by atoms with Gasteiger partial charge in [0.1, 0.15) is 16.5 Å². The lowest BCUT2D eigenvalue weighted by molar-refractivity contribution is 0.0697. The number of carboxylic acid groups (broad SMARTS) is 1. The van der Waals surface area contributed by atoms with Gasteiger partial charge in [-0.3, -0.25) is 0 Å². The summed E-state index contributed by atoms with van der Waals surface area (Å²) in [5.41, 5.74) is 0.144. The zero-order valence-electron chi connectivity index (χ0n) is 10.0. The van der Waals surface area contributed by atoms with E-state index in [2.05, 4.69) is 4.98 Å². The molecule has 1 saturated heterocycles. The van der Waals surface area contributed by atoms with Gasteiger partial charge in [0.15, 0.2) is 0 Å². The van der Waals surface area contributed by atoms with E-state index in [9.17, 15) is 9.90 Å². The highest BCUT2D eigenvalue weighted by molar-refractivity contribution is 6.29. The number of aromatic nitrogens is 1. The number of nitrogens with zero attached hydrogens (tertiary/aromatic N) is 2. The Morgan fingerprint density at radius 1 is 1.61 bits per heavy atom. The zero-order valence-corrected chi connectivity index (χ0v) is 10.8. The van der Waals surface area contributed by atoms with Gasteiger partial charge in [0.05, 0.1) is 6.10 Å². The average molecular weight is 271 g/mol. The SMILES string of the molecule is CC(O)C1CCN(c2nc(Cl)ccc2C(=O)O)C1. The van der Waals surface area contributed by atoms with Gasteiger partial charge in [0.25, 0.3) is 0 Å². The Kier molecular flexibility index (Phi) is 3.73. The number of aliphatic hydroxyl groups excluding tert-OH is 1. The van der Waals surface area contributed by atoms with Crippen LogP contribution in [0.3, 0.4) is 0 Å². The number of aliphatic hydroxyl groups is 1. The summed E-state index contributed by atoms with van der Waals surface area (Å²) in [7, 11) is 0. The van der Waals surface area contributed by atoms with Gasteiger partial charge in [-0.1, -0.05) is 11.6 Å². The van der Waals surface area contributed by atoms with Gasteiger partial charge < -0.3 is 15.1 Å². The van der Waals surface area contributed by atoms with Crippen molar-refractivity contribution in [3.05, 3.63) is 22.8 Å². The fourth-order valence-corrected chi connectivity index (χ4v) is 2.35. The molecule has 0 aliphatic carbocycles. The second-order valence-electron chi connectivity index (χ2n) is 4.55. The number of anilines is 1. The van der Waals surface area contributed by atoms with Crippen LogP contribution in [0.4, 0.5) is 5.82 Å². The van der Waals surface area contributed by atoms with Gasteiger partial charge in [-0.25, -0.2) is 9.78 Å². The maximum absolute atomic E-state index is 11.1. The van der Waals surface area contributed by atoms with E-state index in [1.807, 2.05) is 4.90 Å². The molecule has 2 atom stereocenters. The van der Waals surface area contributed by atoms with Crippen molar-refractivity contribution in [3.63, 3.8) is 0 Å². The summed E-state index contributed by atoms with van der Waals surface area (Å²) in [6.45, 7) is 3.03. The van der Waals surface area contributed by atoms with E-state index in [4.69, 9.17) is 16.7 Å². The minimum absolute atomic E-state index is 0.144. The van der Waals surface area contributed by atoms with Crippen molar-refractivity contribution in [1.29, 1.82) is 0 Å². The Balaban J connectivity index is 2.28. The van der Waals surface area contributed by atoms with Crippen LogP contribution in [0, 0.1) is 5.92 Å². The molecule has 0 spiro atoms. The Morgan fingerprint density at radius 3 is 2.89 bits per heavy atom. The second kappa shape index (κ2) is 5.12. The number of carboxylic acids is 1. The van der Waals surface area contributed by atoms with Crippen LogP contribution in [0.25, 0.3) is 0 Å². The van der Waals surface area contributed by atoms with E-state index in [1.54, 1.807) is 6.92 Å². The first kappa shape index (κ1) is 13.1. The van der Waals surface area contributed by atoms with Crippen LogP contribution in [0.5, 0.6) is 0 Å². The van der Waals surface area contributed by atoms with Crippen molar-refractivity contribution in [3.8, 4) is 0 Å². The molecule has 1 aliphatic rings. The van der Waals surface area contributed by atoms with Gasteiger partial charge in [-0.15, -0.1) is 0 Å². The molecule has 0 bridgehead atoms. The Morgan fingerprint density at radius 2 is 2.33 bits per heavy atom. The van der Waals surface area contributed by atoms with Gasteiger partial charge in [0.2, 0.25) is 0 Å². The number of rotatable bonds is 3. The second-order valence-corrected chi connectivity index (χ2v) is 4.93. The summed E-state index contributed by atoms with van der Waals surface area (Å²) in [5.74, 6) is -0.486. The lowest BCUT2D eigenvalue weighted by Crippen LogP contribution is -2.26. The summed E-state index contributed by atoms with van der Waals surface area (Å²) < 4.78 is 0. The van der Waals surface area contributed by atoms with Crippen LogP contribution < -0.4 is 4.90 Å². The number of halogens is 1. The van der Waals surface area contributed by atoms with Crippen molar-refractivity contribution in [2.75, 3.05) is 18.0 Å². The first-order valence-electron chi connectivity index (χ1n) is 5.82. The molecule has 0 amide bonds. The number of pyridine rings is 1. The number of hydrogen-bond acceptors (Lipinski definition) is 4. The number of carbonyl (C=O) groups is 1. The third-order valence-electron chi connectivity index (χ3n) is 3.28. The van der Waals surface area contributed by atoms with Crippen molar-refractivity contribution in [1.82, 2.24) is 4.98 Å². The molecule has 98 valence electrons. The number of hydrogen-bond donors (Lipinski definition) is 2. The van der Waals surface area contributed by atoms with Crippen LogP contribution in [0.1, 0.15) is 23.7 Å². The topological polar surface area (TPSA) is 73.7 Å². The summed E-state index contributed by atoms with van der Waals surface area (Å²) in [6, 6.07) is 2.93. The van der Waals surface area contributed by atoms with Crippen molar-refractivity contribution in [2.24, 2.45) is 5.92 Å². The lowest BCUT2D eigenvalue weighted by atomic mass is 10.0. The highest BCUT2D eigenvalue weighted by Crippen LogP contribution is 2.28. The third kappa shape index (κ3) is 2.57. The molecule has 2 rings (SSSR count). The normalized spacial score (nSPS) is 21.1. The smallest absolute Gasteiger partial charge is 0.339 e. The standard InChI is InChI=1S/C12H15ClN2O3/c1-7(16)8-4-5-15(6-8)11-9(12(17)18)2-3-10(13)14-11/h2-3,7-8,16H,4-6H2,1H3,(H,17,18). The maximum Gasteiger partial charge on any atom is 0.339 e. The first-order valence-corrected chi connectivity index (χ1v) is 6.19. The van der Waals surface area contributed by atoms with Crippen LogP contribution in [0.15, 0.2) is 12.1 Å². The summed E-state index contributed by atoms with van der Waals surface area (Å²) in [4.78, 5) is 17.1. The van der Waals surface area contributed by atoms with Crippen LogP contribution in [-0.4, -0.2) is 40.4 Å². The third-order valence-corrected chi connectivity index (χ3v) is 3.49. The molecule has 1 aromatic heterocycles. The molecule has 1 fully saturated rings. The van der Waals surface area contributed by atoms with E-state index < -0.39 is 12.1 Å². The van der Waals surface area contributed by atoms with E-state index in [1.165, 1.54) is 12.1 Å². The first-order chi connectivity index (χ1) is 8.49. The quantitative estimate of drug-likeness (QED) is 0.817. The molecule has 2 unspecified atom stereocenters. The highest BCUT2D eigenvalue weighted by atomic mass is 35.5. The van der Waals surface area contributed by atoms with E-state index >= 15 is 0 Å². The minimum atomic E-state index is -1.02. The van der Waals surface area contributed by atoms with E-state index in [0.717, 1.165) is 6.42 Å². The summed E-state index contributed by atoms with van der Waals surface area (Å²) in [6.07, 6.45) is 0.424. The molecule has 1 aliphatic heterocycles. The molecule has 6 heteroatoms. The van der Waals surface area contributed by atoms with Crippen molar-refractivity contribution in [2.45, 2.75) is 19.4 Å². The Hall–Kier alpha value is -1.33. The molecule has 0 saturated carbocycles. The molecule has 2 N–H and O–H groups in total. The average Bonchev–Trinajstić information content (AvgIpc) is 2.77. The monoisotopic (exact) mass is 270 g/mol. The Bertz CT molecular complexity index is 465. The predicted molar refractivity (Wildman–Crippen MR) is 68.2 cm³/mol. The fraction of sp³-hybridized carbons (Fsp3) is 0.500. The molecular formula is C12H15ClN2O3. The molecule has 1 aromatic rings. The van der Waals surface area contributed by atoms with Gasteiger partial charge in [-0.2, -0.15) is 0 Å². The molecule has 5 nitrogen and oxygen atoms in total. The van der Waals surface area contributed by atoms with Crippen molar-refractivity contribution >= 4 is 23.4 Å². The molecule has 18 heavy (non-hydrogen) atoms. The van der Waals surface area contributed by atoms with Gasteiger partial charge >= 0.3 is 5.97 Å². The molecule has 2 heterocycles. The van der Waals surface area contributed by atoms with E-state index in [-0.39, 0.29) is 16.6 Å². The fourth-order valence-electron chi connectivity index (χ4n) is 2.21. The zero-order chi connectivity index (χ0) is 13.3. The minimum Gasteiger partial charge on any atom is -0.478 e. The van der Waals surface area contributed by atoms with Gasteiger partial charge in [-0.05, 0) is 25.5 Å². The van der Waals surface area contributed by atoms with Gasteiger partial charge in [0, 0.05) is 19.0 Å². The Labute approximate surface area is 110 Å². The highest BCUT2D eigenvalue weighted by Gasteiger charge is 2.29. The maximum atomic E-state index is 11.1. The summed E-state index contributed by atoms with van der Waals surface area (Å²) >= 11 is 5.82.